The molecule has 0 heterocycles. The minimum atomic E-state index is 0.843. The van der Waals surface area contributed by atoms with E-state index in [1.807, 2.05) is 6.07 Å². The maximum absolute atomic E-state index is 5.32. The average molecular weight is 262 g/mol. The van der Waals surface area contributed by atoms with Gasteiger partial charge in [-0.2, -0.15) is 0 Å². The van der Waals surface area contributed by atoms with E-state index < -0.39 is 0 Å². The smallest absolute Gasteiger partial charge is 0.123 e. The molecule has 19 heavy (non-hydrogen) atoms. The van der Waals surface area contributed by atoms with Gasteiger partial charge in [0.2, 0.25) is 0 Å². The molecular weight excluding hydrogens is 236 g/mol. The van der Waals surface area contributed by atoms with Crippen molar-refractivity contribution in [3.8, 4) is 11.5 Å². The van der Waals surface area contributed by atoms with Crippen LogP contribution in [0.25, 0.3) is 5.57 Å². The molecule has 0 amide bonds. The Hall–Kier alpha value is -1.44. The van der Waals surface area contributed by atoms with Crippen molar-refractivity contribution in [2.24, 2.45) is 0 Å². The van der Waals surface area contributed by atoms with Crippen LogP contribution < -0.4 is 9.47 Å². The lowest BCUT2D eigenvalue weighted by atomic mass is 9.98. The molecule has 0 saturated carbocycles. The Kier molecular flexibility index (Phi) is 6.48. The Bertz CT molecular complexity index is 411. The van der Waals surface area contributed by atoms with Crippen molar-refractivity contribution in [2.75, 3.05) is 14.2 Å². The fraction of sp³-hybridized carbons (Fsp3) is 0.529. The number of hydrogen-bond donors (Lipinski definition) is 0. The first-order chi connectivity index (χ1) is 9.12. The summed E-state index contributed by atoms with van der Waals surface area (Å²) in [5.41, 5.74) is 3.96. The summed E-state index contributed by atoms with van der Waals surface area (Å²) in [6.07, 6.45) is 4.99. The van der Waals surface area contributed by atoms with Gasteiger partial charge in [-0.3, -0.25) is 0 Å². The number of hydrogen-bond acceptors (Lipinski definition) is 2. The Morgan fingerprint density at radius 3 is 2.00 bits per heavy atom. The summed E-state index contributed by atoms with van der Waals surface area (Å²) in [7, 11) is 3.37. The molecule has 0 aliphatic heterocycles. The van der Waals surface area contributed by atoms with E-state index in [1.54, 1.807) is 14.2 Å². The van der Waals surface area contributed by atoms with Gasteiger partial charge in [0.1, 0.15) is 11.5 Å². The first-order valence-corrected chi connectivity index (χ1v) is 7.02. The first-order valence-electron chi connectivity index (χ1n) is 7.02. The Balaban J connectivity index is 2.96. The van der Waals surface area contributed by atoms with Crippen LogP contribution in [0.3, 0.4) is 0 Å². The SMILES string of the molecule is CCCCCC(C)=C(C)c1cc(OC)cc(OC)c1. The molecule has 0 aromatic heterocycles. The molecule has 0 unspecified atom stereocenters. The van der Waals surface area contributed by atoms with Crippen molar-refractivity contribution in [3.63, 3.8) is 0 Å². The maximum atomic E-state index is 5.32. The van der Waals surface area contributed by atoms with Gasteiger partial charge in [0, 0.05) is 6.07 Å². The minimum absolute atomic E-state index is 0.843. The summed E-state index contributed by atoms with van der Waals surface area (Å²) in [6.45, 7) is 6.63. The predicted octanol–water partition coefficient (Wildman–Crippen LogP) is 5.08. The number of ether oxygens (including phenoxy) is 2. The van der Waals surface area contributed by atoms with Crippen LogP contribution in [0.4, 0.5) is 0 Å². The third-order valence-electron chi connectivity index (χ3n) is 3.58. The molecule has 1 rings (SSSR count). The molecular formula is C17H26O2. The fourth-order valence-electron chi connectivity index (χ4n) is 2.10. The molecule has 0 bridgehead atoms. The number of unbranched alkanes of at least 4 members (excludes halogenated alkanes) is 2. The Morgan fingerprint density at radius 2 is 1.53 bits per heavy atom. The van der Waals surface area contributed by atoms with Gasteiger partial charge in [0.15, 0.2) is 0 Å². The highest BCUT2D eigenvalue weighted by atomic mass is 16.5. The standard InChI is InChI=1S/C17H26O2/c1-6-7-8-9-13(2)14(3)15-10-16(18-4)12-17(11-15)19-5/h10-12H,6-9H2,1-5H3. The van der Waals surface area contributed by atoms with Gasteiger partial charge in [-0.25, -0.2) is 0 Å². The van der Waals surface area contributed by atoms with Crippen molar-refractivity contribution in [1.82, 2.24) is 0 Å². The number of rotatable bonds is 7. The van der Waals surface area contributed by atoms with Crippen molar-refractivity contribution in [3.05, 3.63) is 29.3 Å². The van der Waals surface area contributed by atoms with E-state index in [0.29, 0.717) is 0 Å². The van der Waals surface area contributed by atoms with Crippen molar-refractivity contribution >= 4 is 5.57 Å². The number of allylic oxidation sites excluding steroid dienone is 2. The molecule has 2 heteroatoms. The van der Waals surface area contributed by atoms with Crippen molar-refractivity contribution < 1.29 is 9.47 Å². The summed E-state index contributed by atoms with van der Waals surface area (Å²) < 4.78 is 10.6. The summed E-state index contributed by atoms with van der Waals surface area (Å²) in [6, 6.07) is 6.05. The van der Waals surface area contributed by atoms with Gasteiger partial charge in [-0.15, -0.1) is 0 Å². The van der Waals surface area contributed by atoms with Gasteiger partial charge >= 0.3 is 0 Å². The average Bonchev–Trinajstić information content (AvgIpc) is 2.45. The number of benzene rings is 1. The van der Waals surface area contributed by atoms with Crippen LogP contribution in [-0.2, 0) is 0 Å². The fourth-order valence-corrected chi connectivity index (χ4v) is 2.10. The molecule has 0 spiro atoms. The zero-order valence-corrected chi connectivity index (χ0v) is 12.9. The molecule has 0 aliphatic carbocycles. The molecule has 106 valence electrons. The molecule has 0 atom stereocenters. The Labute approximate surface area is 117 Å². The molecule has 1 aromatic carbocycles. The van der Waals surface area contributed by atoms with E-state index in [1.165, 1.54) is 42.4 Å². The van der Waals surface area contributed by atoms with Crippen LogP contribution in [0.2, 0.25) is 0 Å². The summed E-state index contributed by atoms with van der Waals surface area (Å²) in [5.74, 6) is 1.69. The summed E-state index contributed by atoms with van der Waals surface area (Å²) in [5, 5.41) is 0. The second-order valence-corrected chi connectivity index (χ2v) is 4.96. The van der Waals surface area contributed by atoms with E-state index in [9.17, 15) is 0 Å². The first kappa shape index (κ1) is 15.6. The summed E-state index contributed by atoms with van der Waals surface area (Å²) in [4.78, 5) is 0. The van der Waals surface area contributed by atoms with E-state index in [-0.39, 0.29) is 0 Å². The lowest BCUT2D eigenvalue weighted by Gasteiger charge is -2.12. The summed E-state index contributed by atoms with van der Waals surface area (Å²) >= 11 is 0. The van der Waals surface area contributed by atoms with E-state index in [0.717, 1.165) is 11.5 Å². The monoisotopic (exact) mass is 262 g/mol. The quantitative estimate of drug-likeness (QED) is 0.638. The minimum Gasteiger partial charge on any atom is -0.497 e. The molecule has 0 fully saturated rings. The number of methoxy groups -OCH3 is 2. The van der Waals surface area contributed by atoms with Gasteiger partial charge in [0.25, 0.3) is 0 Å². The molecule has 0 saturated heterocycles. The van der Waals surface area contributed by atoms with E-state index in [2.05, 4.69) is 32.9 Å². The second-order valence-electron chi connectivity index (χ2n) is 4.96. The van der Waals surface area contributed by atoms with Crippen LogP contribution in [0.5, 0.6) is 11.5 Å². The van der Waals surface area contributed by atoms with Crippen LogP contribution >= 0.6 is 0 Å². The van der Waals surface area contributed by atoms with Crippen LogP contribution in [0.1, 0.15) is 52.0 Å². The maximum Gasteiger partial charge on any atom is 0.123 e. The molecule has 0 radical (unpaired) electrons. The van der Waals surface area contributed by atoms with Crippen molar-refractivity contribution in [1.29, 1.82) is 0 Å². The highest BCUT2D eigenvalue weighted by Gasteiger charge is 2.06. The Morgan fingerprint density at radius 1 is 0.947 bits per heavy atom. The van der Waals surface area contributed by atoms with Crippen molar-refractivity contribution in [2.45, 2.75) is 46.5 Å². The topological polar surface area (TPSA) is 18.5 Å². The highest BCUT2D eigenvalue weighted by molar-refractivity contribution is 5.69. The van der Waals surface area contributed by atoms with Gasteiger partial charge in [0.05, 0.1) is 14.2 Å². The van der Waals surface area contributed by atoms with Crippen LogP contribution in [-0.4, -0.2) is 14.2 Å². The largest absolute Gasteiger partial charge is 0.497 e. The van der Waals surface area contributed by atoms with E-state index in [4.69, 9.17) is 9.47 Å². The zero-order chi connectivity index (χ0) is 14.3. The van der Waals surface area contributed by atoms with Gasteiger partial charge in [-0.1, -0.05) is 25.3 Å². The zero-order valence-electron chi connectivity index (χ0n) is 12.9. The molecule has 2 nitrogen and oxygen atoms in total. The molecule has 0 N–H and O–H groups in total. The highest BCUT2D eigenvalue weighted by Crippen LogP contribution is 2.29. The second kappa shape index (κ2) is 7.88. The third-order valence-corrected chi connectivity index (χ3v) is 3.58. The third kappa shape index (κ3) is 4.62. The van der Waals surface area contributed by atoms with Crippen LogP contribution in [0.15, 0.2) is 23.8 Å². The van der Waals surface area contributed by atoms with E-state index >= 15 is 0 Å². The predicted molar refractivity (Wildman–Crippen MR) is 82.0 cm³/mol. The molecule has 0 aliphatic rings. The van der Waals surface area contributed by atoms with Gasteiger partial charge < -0.3 is 9.47 Å². The normalized spacial score (nSPS) is 12.1. The lowest BCUT2D eigenvalue weighted by Crippen LogP contribution is -1.92. The van der Waals surface area contributed by atoms with Crippen LogP contribution in [0, 0.1) is 0 Å². The lowest BCUT2D eigenvalue weighted by molar-refractivity contribution is 0.394. The van der Waals surface area contributed by atoms with Gasteiger partial charge in [-0.05, 0) is 50.0 Å². The molecule has 1 aromatic rings.